The smallest absolute Gasteiger partial charge is 0.261 e. The molecular weight excluding hydrogens is 544 g/mol. The molecule has 0 heterocycles. The maximum absolute atomic E-state index is 13.8. The number of nitrogens with zero attached hydrogens (tertiary/aromatic N) is 1. The van der Waals surface area contributed by atoms with E-state index in [1.807, 2.05) is 86.6 Å². The first-order chi connectivity index (χ1) is 18.2. The lowest BCUT2D eigenvalue weighted by atomic mass is 10.0. The Morgan fingerprint density at radius 3 is 2.26 bits per heavy atom. The van der Waals surface area contributed by atoms with Gasteiger partial charge in [-0.3, -0.25) is 9.59 Å². The van der Waals surface area contributed by atoms with Crippen LogP contribution in [-0.2, 0) is 22.6 Å². The molecule has 3 aromatic carbocycles. The number of hydrogen-bond donors (Lipinski definition) is 1. The Labute approximate surface area is 234 Å². The molecule has 0 aromatic heterocycles. The van der Waals surface area contributed by atoms with Crippen molar-refractivity contribution in [2.75, 3.05) is 13.7 Å². The predicted molar refractivity (Wildman–Crippen MR) is 154 cm³/mol. The van der Waals surface area contributed by atoms with E-state index < -0.39 is 6.04 Å². The van der Waals surface area contributed by atoms with Crippen molar-refractivity contribution in [2.24, 2.45) is 0 Å². The molecule has 3 aromatic rings. The third kappa shape index (κ3) is 8.35. The Bertz CT molecular complexity index is 1210. The van der Waals surface area contributed by atoms with Gasteiger partial charge in [-0.2, -0.15) is 0 Å². The van der Waals surface area contributed by atoms with E-state index >= 15 is 0 Å². The molecule has 0 aliphatic carbocycles. The highest BCUT2D eigenvalue weighted by molar-refractivity contribution is 9.10. The fourth-order valence-electron chi connectivity index (χ4n) is 4.12. The zero-order chi connectivity index (χ0) is 27.7. The molecule has 6 nitrogen and oxygen atoms in total. The molecule has 0 bridgehead atoms. The second-order valence-electron chi connectivity index (χ2n) is 9.88. The minimum atomic E-state index is -0.728. The largest absolute Gasteiger partial charge is 0.497 e. The third-order valence-electron chi connectivity index (χ3n) is 6.16. The van der Waals surface area contributed by atoms with E-state index in [2.05, 4.69) is 35.1 Å². The van der Waals surface area contributed by atoms with E-state index in [1.165, 1.54) is 5.56 Å². The fourth-order valence-corrected chi connectivity index (χ4v) is 4.63. The van der Waals surface area contributed by atoms with Crippen molar-refractivity contribution in [2.45, 2.75) is 58.7 Å². The molecule has 1 unspecified atom stereocenters. The molecule has 3 rings (SSSR count). The number of carbonyl (C=O) groups is 2. The average Bonchev–Trinajstić information content (AvgIpc) is 2.90. The van der Waals surface area contributed by atoms with Crippen molar-refractivity contribution in [3.63, 3.8) is 0 Å². The van der Waals surface area contributed by atoms with E-state index in [-0.39, 0.29) is 31.0 Å². The van der Waals surface area contributed by atoms with Gasteiger partial charge in [-0.1, -0.05) is 62.4 Å². The van der Waals surface area contributed by atoms with Crippen LogP contribution in [0.25, 0.3) is 0 Å². The standard InChI is InChI=1S/C31H37BrN2O4/c1-21(2)25-14-15-29(27(32)18-25)38-20-30(35)34(19-24-12-9-13-26(16-24)37-5)28(31(36)33-22(3)4)17-23-10-7-6-8-11-23/h6-16,18,21-22,28H,17,19-20H2,1-5H3,(H,33,36). The first-order valence-electron chi connectivity index (χ1n) is 12.9. The summed E-state index contributed by atoms with van der Waals surface area (Å²) in [7, 11) is 1.60. The zero-order valence-corrected chi connectivity index (χ0v) is 24.3. The van der Waals surface area contributed by atoms with Gasteiger partial charge in [-0.15, -0.1) is 0 Å². The van der Waals surface area contributed by atoms with Gasteiger partial charge in [0.25, 0.3) is 5.91 Å². The van der Waals surface area contributed by atoms with E-state index in [4.69, 9.17) is 9.47 Å². The SMILES string of the molecule is COc1cccc(CN(C(=O)COc2ccc(C(C)C)cc2Br)C(Cc2ccccc2)C(=O)NC(C)C)c1. The van der Waals surface area contributed by atoms with Crippen LogP contribution in [0.15, 0.2) is 77.3 Å². The van der Waals surface area contributed by atoms with Crippen molar-refractivity contribution >= 4 is 27.7 Å². The van der Waals surface area contributed by atoms with Gasteiger partial charge < -0.3 is 19.7 Å². The van der Waals surface area contributed by atoms with Crippen LogP contribution in [0.2, 0.25) is 0 Å². The summed E-state index contributed by atoms with van der Waals surface area (Å²) >= 11 is 3.57. The summed E-state index contributed by atoms with van der Waals surface area (Å²) in [6.07, 6.45) is 0.377. The first kappa shape index (κ1) is 29.2. The quantitative estimate of drug-likeness (QED) is 0.280. The molecular formula is C31H37BrN2O4. The Morgan fingerprint density at radius 2 is 1.63 bits per heavy atom. The highest BCUT2D eigenvalue weighted by Gasteiger charge is 2.31. The lowest BCUT2D eigenvalue weighted by Gasteiger charge is -2.32. The molecule has 0 aliphatic heterocycles. The minimum absolute atomic E-state index is 0.0683. The summed E-state index contributed by atoms with van der Waals surface area (Å²) in [5.74, 6) is 1.15. The van der Waals surface area contributed by atoms with Gasteiger partial charge in [-0.25, -0.2) is 0 Å². The van der Waals surface area contributed by atoms with Gasteiger partial charge in [0, 0.05) is 19.0 Å². The first-order valence-corrected chi connectivity index (χ1v) is 13.7. The van der Waals surface area contributed by atoms with Crippen molar-refractivity contribution in [3.05, 3.63) is 94.0 Å². The summed E-state index contributed by atoms with van der Waals surface area (Å²) in [5.41, 5.74) is 2.99. The van der Waals surface area contributed by atoms with Crippen LogP contribution >= 0.6 is 15.9 Å². The number of benzene rings is 3. The number of halogens is 1. The molecule has 0 radical (unpaired) electrons. The van der Waals surface area contributed by atoms with Gasteiger partial charge in [0.05, 0.1) is 11.6 Å². The maximum Gasteiger partial charge on any atom is 0.261 e. The van der Waals surface area contributed by atoms with Crippen LogP contribution in [0.3, 0.4) is 0 Å². The van der Waals surface area contributed by atoms with Crippen LogP contribution in [0.4, 0.5) is 0 Å². The average molecular weight is 582 g/mol. The van der Waals surface area contributed by atoms with Crippen molar-refractivity contribution in [3.8, 4) is 11.5 Å². The Balaban J connectivity index is 1.92. The van der Waals surface area contributed by atoms with Crippen molar-refractivity contribution in [1.82, 2.24) is 10.2 Å². The zero-order valence-electron chi connectivity index (χ0n) is 22.7. The second-order valence-corrected chi connectivity index (χ2v) is 10.7. The number of hydrogen-bond acceptors (Lipinski definition) is 4. The molecule has 7 heteroatoms. The second kappa shape index (κ2) is 14.0. The van der Waals surface area contributed by atoms with Crippen molar-refractivity contribution in [1.29, 1.82) is 0 Å². The Morgan fingerprint density at radius 1 is 0.921 bits per heavy atom. The summed E-state index contributed by atoms with van der Waals surface area (Å²) in [5, 5.41) is 3.00. The summed E-state index contributed by atoms with van der Waals surface area (Å²) < 4.78 is 12.1. The number of amides is 2. The molecule has 0 fully saturated rings. The van der Waals surface area contributed by atoms with E-state index in [9.17, 15) is 9.59 Å². The van der Waals surface area contributed by atoms with Crippen LogP contribution in [-0.4, -0.2) is 42.5 Å². The molecule has 202 valence electrons. The van der Waals surface area contributed by atoms with E-state index in [0.717, 1.165) is 15.6 Å². The van der Waals surface area contributed by atoms with Crippen molar-refractivity contribution < 1.29 is 19.1 Å². The monoisotopic (exact) mass is 580 g/mol. The van der Waals surface area contributed by atoms with Gasteiger partial charge in [0.1, 0.15) is 17.5 Å². The van der Waals surface area contributed by atoms with Crippen LogP contribution in [0.1, 0.15) is 50.3 Å². The Kier molecular flexibility index (Phi) is 10.8. The molecule has 0 saturated carbocycles. The normalized spacial score (nSPS) is 11.8. The number of methoxy groups -OCH3 is 1. The predicted octanol–water partition coefficient (Wildman–Crippen LogP) is 6.12. The van der Waals surface area contributed by atoms with E-state index in [0.29, 0.717) is 23.8 Å². The van der Waals surface area contributed by atoms with E-state index in [1.54, 1.807) is 12.0 Å². The fraction of sp³-hybridized carbons (Fsp3) is 0.355. The molecule has 0 saturated heterocycles. The van der Waals surface area contributed by atoms with Crippen LogP contribution < -0.4 is 14.8 Å². The van der Waals surface area contributed by atoms with Gasteiger partial charge in [-0.05, 0) is 76.7 Å². The Hall–Kier alpha value is -3.32. The topological polar surface area (TPSA) is 67.9 Å². The minimum Gasteiger partial charge on any atom is -0.497 e. The van der Waals surface area contributed by atoms with Crippen LogP contribution in [0, 0.1) is 0 Å². The third-order valence-corrected chi connectivity index (χ3v) is 6.78. The summed E-state index contributed by atoms with van der Waals surface area (Å²) in [4.78, 5) is 28.8. The van der Waals surface area contributed by atoms with Crippen LogP contribution in [0.5, 0.6) is 11.5 Å². The van der Waals surface area contributed by atoms with Gasteiger partial charge >= 0.3 is 0 Å². The highest BCUT2D eigenvalue weighted by Crippen LogP contribution is 2.29. The summed E-state index contributed by atoms with van der Waals surface area (Å²) in [6.45, 7) is 8.09. The van der Waals surface area contributed by atoms with Gasteiger partial charge in [0.2, 0.25) is 5.91 Å². The molecule has 38 heavy (non-hydrogen) atoms. The molecule has 1 atom stereocenters. The molecule has 1 N–H and O–H groups in total. The number of rotatable bonds is 12. The number of carbonyl (C=O) groups excluding carboxylic acids is 2. The molecule has 0 aliphatic rings. The number of ether oxygens (including phenoxy) is 2. The lowest BCUT2D eigenvalue weighted by Crippen LogP contribution is -2.52. The summed E-state index contributed by atoms with van der Waals surface area (Å²) in [6, 6.07) is 22.3. The number of nitrogens with one attached hydrogen (secondary N) is 1. The molecule has 0 spiro atoms. The lowest BCUT2D eigenvalue weighted by molar-refractivity contribution is -0.143. The maximum atomic E-state index is 13.8. The highest BCUT2D eigenvalue weighted by atomic mass is 79.9. The molecule has 2 amide bonds. The van der Waals surface area contributed by atoms with Gasteiger partial charge in [0.15, 0.2) is 6.61 Å².